The third-order valence-corrected chi connectivity index (χ3v) is 14.3. The number of ether oxygens (including phenoxy) is 2. The maximum Gasteiger partial charge on any atom is 0.324 e. The van der Waals surface area contributed by atoms with Crippen LogP contribution in [-0.2, 0) is 48.0 Å². The van der Waals surface area contributed by atoms with Crippen LogP contribution in [0.5, 0.6) is 0 Å². The van der Waals surface area contributed by atoms with Gasteiger partial charge >= 0.3 is 12.0 Å². The van der Waals surface area contributed by atoms with Crippen LogP contribution >= 0.6 is 11.3 Å². The minimum Gasteiger partial charge on any atom is -0.464 e. The number of esters is 1. The molecule has 3 aliphatic rings. The third kappa shape index (κ3) is 10.1. The number of rotatable bonds is 9. The molecule has 1 aromatic carbocycles. The molecule has 4 aromatic rings. The number of pyridine rings is 1. The lowest BCUT2D eigenvalue weighted by Gasteiger charge is -2.46. The fourth-order valence-corrected chi connectivity index (χ4v) is 10.7. The first-order valence-corrected chi connectivity index (χ1v) is 24.3. The van der Waals surface area contributed by atoms with Crippen LogP contribution in [0.2, 0.25) is 0 Å². The molecule has 5 amide bonds. The monoisotopic (exact) mass is 937 g/mol. The standard InChI is InChI=1S/C50H67N9O7S/c1-12-42(60)57-25-31(6)58(26-30(57)5)49(64)55(10)44(29(3)4)46(61)53-38-23-41-52-39(27-67-41)33-18-19-40-35(22-33)36(45(56(40)13-2)34-16-14-20-51-43(34)32(7)65-11)24-50(8,9)28-66-48(63)37-17-15-21-59(54-37)47(38)62/h12,14,16,18-20,22,27,29-32,37-38,44,54H,1,13,15,17,21,23-26,28H2,2-11H3,(H,53,61)/t30-,31-,32+,37+,38+,44?/m1/s1. The van der Waals surface area contributed by atoms with E-state index in [1.54, 1.807) is 30.2 Å². The van der Waals surface area contributed by atoms with E-state index < -0.39 is 41.3 Å². The minimum atomic E-state index is -1.10. The van der Waals surface area contributed by atoms with Crippen LogP contribution in [0.15, 0.2) is 54.6 Å². The van der Waals surface area contributed by atoms with E-state index in [4.69, 9.17) is 19.4 Å². The van der Waals surface area contributed by atoms with Crippen LogP contribution in [0, 0.1) is 11.3 Å². The zero-order valence-corrected chi connectivity index (χ0v) is 41.4. The predicted molar refractivity (Wildman–Crippen MR) is 259 cm³/mol. The van der Waals surface area contributed by atoms with Gasteiger partial charge in [-0.25, -0.2) is 15.2 Å². The summed E-state index contributed by atoms with van der Waals surface area (Å²) in [6, 6.07) is 6.64. The number of benzene rings is 1. The Labute approximate surface area is 398 Å². The molecule has 6 bridgehead atoms. The van der Waals surface area contributed by atoms with E-state index >= 15 is 0 Å². The lowest BCUT2D eigenvalue weighted by molar-refractivity contribution is -0.155. The van der Waals surface area contributed by atoms with Crippen molar-refractivity contribution in [3.8, 4) is 22.5 Å². The number of aryl methyl sites for hydroxylation is 1. The van der Waals surface area contributed by atoms with Crippen molar-refractivity contribution >= 4 is 52.0 Å². The third-order valence-electron chi connectivity index (χ3n) is 13.5. The van der Waals surface area contributed by atoms with Gasteiger partial charge in [-0.3, -0.25) is 29.2 Å². The van der Waals surface area contributed by atoms with Gasteiger partial charge in [-0.2, -0.15) is 0 Å². The molecule has 0 saturated carbocycles. The highest BCUT2D eigenvalue weighted by molar-refractivity contribution is 7.10. The van der Waals surface area contributed by atoms with Crippen molar-refractivity contribution in [3.63, 3.8) is 0 Å². The first-order valence-electron chi connectivity index (χ1n) is 23.5. The number of nitrogens with zero attached hydrogens (tertiary/aromatic N) is 7. The molecule has 6 heterocycles. The number of hydrazine groups is 1. The van der Waals surface area contributed by atoms with Crippen molar-refractivity contribution in [1.82, 2.24) is 45.0 Å². The molecule has 67 heavy (non-hydrogen) atoms. The van der Waals surface area contributed by atoms with Gasteiger partial charge in [-0.05, 0) is 88.8 Å². The fraction of sp³-hybridized carbons (Fsp3) is 0.540. The number of methoxy groups -OCH3 is 1. The van der Waals surface area contributed by atoms with Gasteiger partial charge in [0.2, 0.25) is 11.8 Å². The lowest BCUT2D eigenvalue weighted by Crippen LogP contribution is -2.64. The molecule has 2 N–H and O–H groups in total. The van der Waals surface area contributed by atoms with E-state index in [1.807, 2.05) is 46.1 Å². The highest BCUT2D eigenvalue weighted by Gasteiger charge is 2.41. The Morgan fingerprint density at radius 3 is 2.55 bits per heavy atom. The van der Waals surface area contributed by atoms with Gasteiger partial charge in [-0.1, -0.05) is 40.3 Å². The molecule has 1 unspecified atom stereocenters. The number of carbonyl (C=O) groups excluding carboxylic acids is 5. The predicted octanol–water partition coefficient (Wildman–Crippen LogP) is 6.39. The summed E-state index contributed by atoms with van der Waals surface area (Å²) in [5.74, 6) is -1.92. The average Bonchev–Trinajstić information content (AvgIpc) is 3.91. The molecule has 0 aliphatic carbocycles. The number of cyclic esters (lactones) is 1. The fourth-order valence-electron chi connectivity index (χ4n) is 9.89. The summed E-state index contributed by atoms with van der Waals surface area (Å²) in [4.78, 5) is 84.6. The Morgan fingerprint density at radius 2 is 1.85 bits per heavy atom. The van der Waals surface area contributed by atoms with E-state index in [1.165, 1.54) is 27.3 Å². The Hall–Kier alpha value is -5.65. The zero-order valence-electron chi connectivity index (χ0n) is 40.6. The number of amides is 5. The Morgan fingerprint density at radius 1 is 1.12 bits per heavy atom. The molecule has 0 spiro atoms. The molecule has 360 valence electrons. The van der Waals surface area contributed by atoms with Gasteiger partial charge in [0.15, 0.2) is 0 Å². The number of nitrogens with one attached hydrogen (secondary N) is 2. The normalized spacial score (nSPS) is 22.2. The summed E-state index contributed by atoms with van der Waals surface area (Å²) < 4.78 is 14.2. The number of thiazole rings is 1. The van der Waals surface area contributed by atoms with Crippen LogP contribution < -0.4 is 10.7 Å². The van der Waals surface area contributed by atoms with Crippen LogP contribution in [0.1, 0.15) is 90.6 Å². The second-order valence-electron chi connectivity index (χ2n) is 19.4. The number of aromatic nitrogens is 3. The number of hydrogen-bond donors (Lipinski definition) is 2. The molecule has 17 heteroatoms. The smallest absolute Gasteiger partial charge is 0.324 e. The summed E-state index contributed by atoms with van der Waals surface area (Å²) in [5, 5.41) is 8.11. The summed E-state index contributed by atoms with van der Waals surface area (Å²) in [6.45, 7) is 21.2. The average molecular weight is 938 g/mol. The van der Waals surface area contributed by atoms with Crippen molar-refractivity contribution < 1.29 is 33.4 Å². The molecule has 0 radical (unpaired) electrons. The van der Waals surface area contributed by atoms with Crippen molar-refractivity contribution in [1.29, 1.82) is 0 Å². The minimum absolute atomic E-state index is 0.0678. The van der Waals surface area contributed by atoms with Crippen molar-refractivity contribution in [2.75, 3.05) is 40.4 Å². The Kier molecular flexibility index (Phi) is 14.9. The van der Waals surface area contributed by atoms with Crippen molar-refractivity contribution in [3.05, 3.63) is 70.8 Å². The second kappa shape index (κ2) is 20.3. The van der Waals surface area contributed by atoms with E-state index in [2.05, 4.69) is 66.9 Å². The molecule has 16 nitrogen and oxygen atoms in total. The quantitative estimate of drug-likeness (QED) is 0.142. The largest absolute Gasteiger partial charge is 0.464 e. The van der Waals surface area contributed by atoms with Gasteiger partial charge in [-0.15, -0.1) is 11.3 Å². The van der Waals surface area contributed by atoms with Crippen LogP contribution in [0.4, 0.5) is 4.79 Å². The number of fused-ring (bicyclic) bond motifs is 6. The second-order valence-corrected chi connectivity index (χ2v) is 20.3. The van der Waals surface area contributed by atoms with E-state index in [0.29, 0.717) is 43.9 Å². The first kappa shape index (κ1) is 49.3. The SMILES string of the molecule is C=CC(=O)N1C[C@@H](C)N(C(=O)N(C)C(C(=O)N[C@H]2Cc3nc(cs3)-c3ccc4c(c3)c(c(-c3cccnc3[C@H](C)OC)n4CC)CC(C)(C)COC(=O)[C@@H]3CCCN(N3)C2=O)C(C)C)C[C@H]1C. The van der Waals surface area contributed by atoms with E-state index in [-0.39, 0.29) is 55.6 Å². The van der Waals surface area contributed by atoms with Crippen molar-refractivity contribution in [2.45, 2.75) is 124 Å². The number of hydrogen-bond acceptors (Lipinski definition) is 11. The topological polar surface area (TPSA) is 172 Å². The number of piperazine rings is 1. The summed E-state index contributed by atoms with van der Waals surface area (Å²) in [5.41, 5.74) is 9.24. The molecule has 6 atom stereocenters. The first-order chi connectivity index (χ1) is 31.9. The summed E-state index contributed by atoms with van der Waals surface area (Å²) in [7, 11) is 3.28. The molecular formula is C50H67N9O7S. The Balaban J connectivity index is 1.26. The van der Waals surface area contributed by atoms with Crippen LogP contribution in [0.25, 0.3) is 33.4 Å². The molecule has 2 fully saturated rings. The number of urea groups is 1. The molecule has 7 rings (SSSR count). The van der Waals surface area contributed by atoms with Gasteiger partial charge in [0.1, 0.15) is 18.1 Å². The van der Waals surface area contributed by atoms with Crippen LogP contribution in [-0.4, -0.2) is 135 Å². The number of carbonyl (C=O) groups is 5. The summed E-state index contributed by atoms with van der Waals surface area (Å²) >= 11 is 1.40. The van der Waals surface area contributed by atoms with Crippen molar-refractivity contribution in [2.24, 2.45) is 11.3 Å². The maximum absolute atomic E-state index is 14.7. The highest BCUT2D eigenvalue weighted by atomic mass is 32.1. The summed E-state index contributed by atoms with van der Waals surface area (Å²) in [6.07, 6.45) is 4.45. The van der Waals surface area contributed by atoms with Gasteiger partial charge in [0.25, 0.3) is 5.91 Å². The van der Waals surface area contributed by atoms with E-state index in [9.17, 15) is 24.0 Å². The van der Waals surface area contributed by atoms with Gasteiger partial charge in [0.05, 0.1) is 34.8 Å². The van der Waals surface area contributed by atoms with Gasteiger partial charge < -0.3 is 34.1 Å². The zero-order chi connectivity index (χ0) is 48.5. The molecule has 3 aromatic heterocycles. The van der Waals surface area contributed by atoms with E-state index in [0.717, 1.165) is 44.7 Å². The van der Waals surface area contributed by atoms with Gasteiger partial charge in [0, 0.05) is 97.9 Å². The molecule has 3 aliphatic heterocycles. The molecular weight excluding hydrogens is 871 g/mol. The number of likely N-dealkylation sites (N-methyl/N-ethyl adjacent to an activating group) is 1. The molecule has 2 saturated heterocycles. The maximum atomic E-state index is 14.7. The lowest BCUT2D eigenvalue weighted by atomic mass is 9.84. The highest BCUT2D eigenvalue weighted by Crippen LogP contribution is 2.42. The van der Waals surface area contributed by atoms with Crippen LogP contribution in [0.3, 0.4) is 0 Å². The Bertz CT molecular complexity index is 2520.